The van der Waals surface area contributed by atoms with Gasteiger partial charge in [-0.1, -0.05) is 0 Å². The Labute approximate surface area is 87.0 Å². The van der Waals surface area contributed by atoms with Crippen molar-refractivity contribution in [2.75, 3.05) is 6.54 Å². The van der Waals surface area contributed by atoms with Crippen LogP contribution in [0, 0.1) is 4.91 Å². The van der Waals surface area contributed by atoms with Crippen LogP contribution in [0.2, 0.25) is 0 Å². The lowest BCUT2D eigenvalue weighted by atomic mass is 9.87. The molecule has 0 aromatic carbocycles. The van der Waals surface area contributed by atoms with E-state index in [0.29, 0.717) is 13.0 Å². The van der Waals surface area contributed by atoms with Crippen LogP contribution in [-0.4, -0.2) is 23.4 Å². The summed E-state index contributed by atoms with van der Waals surface area (Å²) in [6.45, 7) is 0.421. The van der Waals surface area contributed by atoms with E-state index in [0.717, 1.165) is 28.7 Å². The molecule has 1 heterocycles. The minimum absolute atomic E-state index is 0.0726. The summed E-state index contributed by atoms with van der Waals surface area (Å²) in [4.78, 5) is 21.4. The first-order valence-electron chi connectivity index (χ1n) is 4.95. The molecule has 0 saturated carbocycles. The minimum Gasteiger partial charge on any atom is -0.530 e. The fraction of sp³-hybridized carbons (Fsp3) is 0.500. The molecule has 1 atom stereocenters. The van der Waals surface area contributed by atoms with E-state index in [-0.39, 0.29) is 6.04 Å². The zero-order valence-corrected chi connectivity index (χ0v) is 8.23. The molecule has 0 bridgehead atoms. The molecule has 1 unspecified atom stereocenters. The average molecular weight is 208 g/mol. The highest BCUT2D eigenvalue weighted by Crippen LogP contribution is 2.28. The highest BCUT2D eigenvalue weighted by atomic mass is 16.4. The van der Waals surface area contributed by atoms with E-state index < -0.39 is 6.09 Å². The van der Waals surface area contributed by atoms with Crippen LogP contribution in [0.3, 0.4) is 0 Å². The molecule has 0 saturated heterocycles. The van der Waals surface area contributed by atoms with Gasteiger partial charge in [-0.2, -0.15) is 0 Å². The van der Waals surface area contributed by atoms with Gasteiger partial charge in [-0.3, -0.25) is 0 Å². The Morgan fingerprint density at radius 3 is 3.13 bits per heavy atom. The van der Waals surface area contributed by atoms with Gasteiger partial charge in [-0.15, -0.1) is 0 Å². The summed E-state index contributed by atoms with van der Waals surface area (Å²) in [5.41, 5.74) is 2.22. The molecule has 0 fully saturated rings. The van der Waals surface area contributed by atoms with Crippen LogP contribution in [0.4, 0.5) is 4.79 Å². The molecule has 0 aromatic rings. The fourth-order valence-electron chi connectivity index (χ4n) is 2.09. The Morgan fingerprint density at radius 1 is 1.60 bits per heavy atom. The second-order valence-electron chi connectivity index (χ2n) is 3.89. The van der Waals surface area contributed by atoms with Gasteiger partial charge >= 0.3 is 0 Å². The number of nitrogens with one attached hydrogen (secondary N) is 1. The Bertz CT molecular complexity index is 371. The maximum absolute atomic E-state index is 11.1. The summed E-state index contributed by atoms with van der Waals surface area (Å²) in [5, 5.41) is 12.7. The van der Waals surface area contributed by atoms with Crippen LogP contribution in [0.25, 0.3) is 0 Å². The van der Waals surface area contributed by atoms with E-state index in [1.165, 1.54) is 6.20 Å². The van der Waals surface area contributed by atoms with Crippen LogP contribution in [0.15, 0.2) is 23.4 Å². The number of hydrogen-bond acceptors (Lipinski definition) is 3. The number of carbonyl (C=O) groups excluding carboxylic acids is 1. The summed E-state index contributed by atoms with van der Waals surface area (Å²) in [6, 6.07) is -0.0726. The molecule has 0 aromatic heterocycles. The Morgan fingerprint density at radius 2 is 2.40 bits per heavy atom. The van der Waals surface area contributed by atoms with Crippen molar-refractivity contribution < 1.29 is 14.7 Å². The van der Waals surface area contributed by atoms with Gasteiger partial charge < -0.3 is 15.2 Å². The van der Waals surface area contributed by atoms with Crippen molar-refractivity contribution in [3.05, 3.63) is 28.3 Å². The van der Waals surface area contributed by atoms with Crippen molar-refractivity contribution in [2.24, 2.45) is 0 Å². The molecular formula is C10H12N2O3. The number of carboxylic acid groups (broad SMARTS) is 1. The van der Waals surface area contributed by atoms with Crippen molar-refractivity contribution in [1.29, 1.82) is 0 Å². The zero-order valence-electron chi connectivity index (χ0n) is 8.23. The smallest absolute Gasteiger partial charge is 0.221 e. The van der Waals surface area contributed by atoms with Crippen LogP contribution in [0.1, 0.15) is 19.3 Å². The molecular weight excluding hydrogens is 196 g/mol. The molecule has 1 amide bonds. The predicted molar refractivity (Wildman–Crippen MR) is 50.8 cm³/mol. The maximum Gasteiger partial charge on any atom is 0.221 e. The van der Waals surface area contributed by atoms with Crippen LogP contribution >= 0.6 is 0 Å². The maximum atomic E-state index is 11.1. The number of rotatable bonds is 1. The number of nitroso groups, excluding NO2 is 1. The molecule has 2 aliphatic rings. The quantitative estimate of drug-likeness (QED) is 0.620. The van der Waals surface area contributed by atoms with Crippen LogP contribution < -0.4 is 10.4 Å². The summed E-state index contributed by atoms with van der Waals surface area (Å²) in [7, 11) is 0. The first kappa shape index (κ1) is 9.89. The van der Waals surface area contributed by atoms with Crippen LogP contribution in [0.5, 0.6) is 0 Å². The molecule has 1 N–H and O–H groups in total. The highest BCUT2D eigenvalue weighted by molar-refractivity contribution is 5.62. The predicted octanol–water partition coefficient (Wildman–Crippen LogP) is 0.0746. The zero-order chi connectivity index (χ0) is 10.8. The summed E-state index contributed by atoms with van der Waals surface area (Å²) in [5.74, 6) is 0. The van der Waals surface area contributed by atoms with Crippen LogP contribution in [-0.2, 0) is 0 Å². The summed E-state index contributed by atoms with van der Waals surface area (Å²) < 4.78 is 0.894. The van der Waals surface area contributed by atoms with Gasteiger partial charge in [-0.05, 0) is 24.8 Å². The molecule has 1 aliphatic carbocycles. The number of hydrogen-bond donors (Lipinski definition) is 1. The molecule has 2 rings (SSSR count). The van der Waals surface area contributed by atoms with Crippen molar-refractivity contribution in [3.8, 4) is 0 Å². The molecule has 5 nitrogen and oxygen atoms in total. The molecule has 5 heteroatoms. The van der Waals surface area contributed by atoms with Crippen molar-refractivity contribution >= 4 is 6.09 Å². The first-order valence-corrected chi connectivity index (χ1v) is 4.95. The lowest BCUT2D eigenvalue weighted by Crippen LogP contribution is -2.44. The van der Waals surface area contributed by atoms with E-state index in [1.54, 1.807) is 6.08 Å². The van der Waals surface area contributed by atoms with Gasteiger partial charge in [-0.25, -0.2) is 0 Å². The van der Waals surface area contributed by atoms with Gasteiger partial charge in [0.05, 0.1) is 0 Å². The Hall–Kier alpha value is -1.65. The average Bonchev–Trinajstić information content (AvgIpc) is 2.17. The number of nitrogens with zero attached hydrogens (tertiary/aromatic N) is 1. The SMILES string of the molecule is O=C([O-])NC1CCC2=C(C=C[N+](=O)C2)C1. The van der Waals surface area contributed by atoms with Gasteiger partial charge in [0, 0.05) is 27.4 Å². The van der Waals surface area contributed by atoms with E-state index in [1.807, 2.05) is 0 Å². The second kappa shape index (κ2) is 3.84. The molecule has 0 spiro atoms. The second-order valence-corrected chi connectivity index (χ2v) is 3.89. The number of carbonyl (C=O) groups is 1. The third-order valence-corrected chi connectivity index (χ3v) is 2.83. The Kier molecular flexibility index (Phi) is 2.53. The normalized spacial score (nSPS) is 25.1. The van der Waals surface area contributed by atoms with Gasteiger partial charge in [0.1, 0.15) is 6.09 Å². The largest absolute Gasteiger partial charge is 0.530 e. The first-order chi connectivity index (χ1) is 7.15. The van der Waals surface area contributed by atoms with E-state index in [9.17, 15) is 14.8 Å². The summed E-state index contributed by atoms with van der Waals surface area (Å²) in [6.07, 6.45) is 4.22. The highest BCUT2D eigenvalue weighted by Gasteiger charge is 2.26. The van der Waals surface area contributed by atoms with E-state index in [2.05, 4.69) is 5.32 Å². The van der Waals surface area contributed by atoms with Gasteiger partial charge in [0.2, 0.25) is 12.7 Å². The number of allylic oxidation sites excluding steroid dienone is 1. The number of amides is 1. The Balaban J connectivity index is 2.05. The van der Waals surface area contributed by atoms with E-state index in [4.69, 9.17) is 0 Å². The van der Waals surface area contributed by atoms with Crippen molar-refractivity contribution in [3.63, 3.8) is 0 Å². The minimum atomic E-state index is -1.23. The van der Waals surface area contributed by atoms with Gasteiger partial charge in [0.15, 0.2) is 0 Å². The molecule has 1 aliphatic heterocycles. The third-order valence-electron chi connectivity index (χ3n) is 2.83. The fourth-order valence-corrected chi connectivity index (χ4v) is 2.09. The summed E-state index contributed by atoms with van der Waals surface area (Å²) >= 11 is 0. The standard InChI is InChI=1S/C10H12N2O3/c13-10(14)11-9-2-1-8-6-12(15)4-3-7(8)5-9/h3-4,9,11H,1-2,5-6H2. The van der Waals surface area contributed by atoms with Crippen molar-refractivity contribution in [1.82, 2.24) is 5.32 Å². The molecule has 15 heavy (non-hydrogen) atoms. The topological polar surface area (TPSA) is 72.2 Å². The third kappa shape index (κ3) is 2.23. The molecule has 0 radical (unpaired) electrons. The molecule has 80 valence electrons. The lowest BCUT2D eigenvalue weighted by molar-refractivity contribution is -0.472. The van der Waals surface area contributed by atoms with E-state index >= 15 is 0 Å². The monoisotopic (exact) mass is 208 g/mol. The lowest BCUT2D eigenvalue weighted by Gasteiger charge is -2.27. The van der Waals surface area contributed by atoms with Gasteiger partial charge in [0.25, 0.3) is 0 Å². The van der Waals surface area contributed by atoms with Crippen molar-refractivity contribution in [2.45, 2.75) is 25.3 Å².